The van der Waals surface area contributed by atoms with Gasteiger partial charge >= 0.3 is 6.18 Å². The van der Waals surface area contributed by atoms with Crippen LogP contribution in [0.4, 0.5) is 19.0 Å². The molecule has 1 aromatic carbocycles. The Kier molecular flexibility index (Phi) is 6.28. The van der Waals surface area contributed by atoms with Crippen molar-refractivity contribution in [2.24, 2.45) is 0 Å². The number of benzene rings is 1. The number of hydrogen-bond donors (Lipinski definition) is 1. The number of halogens is 3. The van der Waals surface area contributed by atoms with Crippen molar-refractivity contribution in [2.75, 3.05) is 52.9 Å². The van der Waals surface area contributed by atoms with Gasteiger partial charge in [0.25, 0.3) is 5.91 Å². The minimum absolute atomic E-state index is 0.0267. The smallest absolute Gasteiger partial charge is 0.410 e. The molecule has 0 aliphatic carbocycles. The summed E-state index contributed by atoms with van der Waals surface area (Å²) in [4.78, 5) is 14.6. The van der Waals surface area contributed by atoms with E-state index in [4.69, 9.17) is 18.9 Å². The molecular weight excluding hydrogens is 445 g/mol. The zero-order valence-corrected chi connectivity index (χ0v) is 18.4. The molecule has 0 bridgehead atoms. The molecule has 4 rings (SSSR count). The molecule has 1 amide bonds. The highest BCUT2D eigenvalue weighted by atomic mass is 19.4. The summed E-state index contributed by atoms with van der Waals surface area (Å²) in [6.07, 6.45) is -3.71. The average Bonchev–Trinajstić information content (AvgIpc) is 3.25. The second-order valence-electron chi connectivity index (χ2n) is 7.70. The number of aromatic nitrogens is 2. The number of alkyl halides is 3. The molecule has 33 heavy (non-hydrogen) atoms. The first-order valence-electron chi connectivity index (χ1n) is 10.4. The number of fused-ring (bicyclic) bond motifs is 1. The van der Waals surface area contributed by atoms with Crippen LogP contribution < -0.4 is 19.5 Å². The van der Waals surface area contributed by atoms with Gasteiger partial charge in [0.15, 0.2) is 17.5 Å². The van der Waals surface area contributed by atoms with E-state index in [1.54, 1.807) is 17.0 Å². The maximum atomic E-state index is 14.0. The molecule has 3 heterocycles. The number of methoxy groups -OCH3 is 3. The van der Waals surface area contributed by atoms with Crippen LogP contribution in [-0.2, 0) is 4.74 Å². The van der Waals surface area contributed by atoms with E-state index in [0.717, 1.165) is 4.68 Å². The van der Waals surface area contributed by atoms with Gasteiger partial charge in [0.1, 0.15) is 11.4 Å². The maximum Gasteiger partial charge on any atom is 0.410 e. The Hall–Kier alpha value is -3.15. The number of amides is 1. The van der Waals surface area contributed by atoms with Crippen LogP contribution >= 0.6 is 0 Å². The summed E-state index contributed by atoms with van der Waals surface area (Å²) in [6, 6.07) is 0.499. The lowest BCUT2D eigenvalue weighted by Gasteiger charge is -2.35. The third kappa shape index (κ3) is 4.26. The fourth-order valence-electron chi connectivity index (χ4n) is 4.18. The van der Waals surface area contributed by atoms with Crippen molar-refractivity contribution in [3.8, 4) is 17.2 Å². The van der Waals surface area contributed by atoms with Crippen molar-refractivity contribution >= 4 is 11.7 Å². The third-order valence-corrected chi connectivity index (χ3v) is 5.86. The van der Waals surface area contributed by atoms with E-state index < -0.39 is 24.2 Å². The average molecular weight is 470 g/mol. The Morgan fingerprint density at radius 1 is 1.12 bits per heavy atom. The van der Waals surface area contributed by atoms with Crippen LogP contribution in [0.3, 0.4) is 0 Å². The largest absolute Gasteiger partial charge is 0.493 e. The Morgan fingerprint density at radius 2 is 1.76 bits per heavy atom. The number of nitrogens with one attached hydrogen (secondary N) is 1. The van der Waals surface area contributed by atoms with E-state index in [2.05, 4.69) is 10.4 Å². The molecule has 2 aromatic rings. The van der Waals surface area contributed by atoms with Crippen molar-refractivity contribution < 1.29 is 36.9 Å². The first-order valence-corrected chi connectivity index (χ1v) is 10.4. The van der Waals surface area contributed by atoms with Gasteiger partial charge in [-0.15, -0.1) is 0 Å². The molecule has 1 fully saturated rings. The molecule has 2 atom stereocenters. The highest BCUT2D eigenvalue weighted by Crippen LogP contribution is 2.47. The van der Waals surface area contributed by atoms with Gasteiger partial charge in [0.2, 0.25) is 5.75 Å². The van der Waals surface area contributed by atoms with E-state index in [0.29, 0.717) is 49.1 Å². The number of ether oxygens (including phenoxy) is 4. The van der Waals surface area contributed by atoms with Crippen LogP contribution in [0.5, 0.6) is 17.2 Å². The van der Waals surface area contributed by atoms with E-state index in [-0.39, 0.29) is 17.8 Å². The number of carbonyl (C=O) groups excluding carboxylic acids is 1. The summed E-state index contributed by atoms with van der Waals surface area (Å²) in [5, 5.41) is 7.02. The van der Waals surface area contributed by atoms with Crippen LogP contribution in [0, 0.1) is 0 Å². The number of rotatable bonds is 5. The van der Waals surface area contributed by atoms with Gasteiger partial charge in [-0.1, -0.05) is 0 Å². The molecule has 12 heteroatoms. The molecule has 0 spiro atoms. The minimum atomic E-state index is -4.57. The molecule has 0 saturated carbocycles. The summed E-state index contributed by atoms with van der Waals surface area (Å²) in [5.41, 5.74) is 0.583. The first-order chi connectivity index (χ1) is 15.8. The molecular formula is C21H25F3N4O5. The Bertz CT molecular complexity index is 995. The topological polar surface area (TPSA) is 87.1 Å². The van der Waals surface area contributed by atoms with Gasteiger partial charge in [-0.25, -0.2) is 4.68 Å². The molecule has 0 radical (unpaired) electrons. The maximum absolute atomic E-state index is 14.0. The standard InChI is InChI=1S/C21H25F3N4O5/c1-30-15-8-12(9-16(31-2)18(15)32-3)14-10-17(21(22,23)24)28-19(26-14)13(11-25-28)20(29)27-4-6-33-7-5-27/h8-9,11,14,17,26H,4-7,10H2,1-3H3/t14-,17-/m0/s1. The fraction of sp³-hybridized carbons (Fsp3) is 0.524. The van der Waals surface area contributed by atoms with Crippen molar-refractivity contribution in [2.45, 2.75) is 24.7 Å². The first kappa shape index (κ1) is 23.0. The molecule has 9 nitrogen and oxygen atoms in total. The molecule has 0 unspecified atom stereocenters. The van der Waals surface area contributed by atoms with E-state index >= 15 is 0 Å². The Balaban J connectivity index is 1.75. The van der Waals surface area contributed by atoms with E-state index in [1.807, 2.05) is 0 Å². The monoisotopic (exact) mass is 470 g/mol. The molecule has 180 valence electrons. The van der Waals surface area contributed by atoms with Crippen LogP contribution in [-0.4, -0.2) is 74.4 Å². The summed E-state index contributed by atoms with van der Waals surface area (Å²) in [7, 11) is 4.31. The minimum Gasteiger partial charge on any atom is -0.493 e. The number of hydrogen-bond acceptors (Lipinski definition) is 7. The number of carbonyl (C=O) groups is 1. The van der Waals surface area contributed by atoms with Gasteiger partial charge in [0.05, 0.1) is 46.8 Å². The van der Waals surface area contributed by atoms with Crippen LogP contribution in [0.15, 0.2) is 18.3 Å². The molecule has 2 aliphatic rings. The van der Waals surface area contributed by atoms with Crippen molar-refractivity contribution in [1.29, 1.82) is 0 Å². The summed E-state index contributed by atoms with van der Waals surface area (Å²) < 4.78 is 64.2. The van der Waals surface area contributed by atoms with Crippen molar-refractivity contribution in [3.05, 3.63) is 29.5 Å². The lowest BCUT2D eigenvalue weighted by molar-refractivity contribution is -0.173. The van der Waals surface area contributed by atoms with Crippen molar-refractivity contribution in [1.82, 2.24) is 14.7 Å². The third-order valence-electron chi connectivity index (χ3n) is 5.86. The number of nitrogens with zero attached hydrogens (tertiary/aromatic N) is 3. The Morgan fingerprint density at radius 3 is 2.30 bits per heavy atom. The highest BCUT2D eigenvalue weighted by Gasteiger charge is 2.47. The molecule has 1 N–H and O–H groups in total. The zero-order valence-electron chi connectivity index (χ0n) is 18.4. The van der Waals surface area contributed by atoms with Crippen LogP contribution in [0.2, 0.25) is 0 Å². The summed E-state index contributed by atoms with van der Waals surface area (Å²) in [6.45, 7) is 1.48. The Labute approximate surface area is 188 Å². The van der Waals surface area contributed by atoms with E-state index in [1.165, 1.54) is 27.5 Å². The molecule has 1 saturated heterocycles. The van der Waals surface area contributed by atoms with Crippen LogP contribution in [0.25, 0.3) is 0 Å². The van der Waals surface area contributed by atoms with Crippen molar-refractivity contribution in [3.63, 3.8) is 0 Å². The summed E-state index contributed by atoms with van der Waals surface area (Å²) in [5.74, 6) is 0.610. The second kappa shape index (κ2) is 9.00. The van der Waals surface area contributed by atoms with Crippen LogP contribution in [0.1, 0.15) is 34.4 Å². The zero-order chi connectivity index (χ0) is 23.8. The second-order valence-corrected chi connectivity index (χ2v) is 7.70. The van der Waals surface area contributed by atoms with Gasteiger partial charge in [-0.3, -0.25) is 4.79 Å². The van der Waals surface area contributed by atoms with Gasteiger partial charge in [0, 0.05) is 19.5 Å². The predicted molar refractivity (Wildman–Crippen MR) is 111 cm³/mol. The predicted octanol–water partition coefficient (Wildman–Crippen LogP) is 3.04. The highest BCUT2D eigenvalue weighted by molar-refractivity contribution is 5.99. The molecule has 1 aromatic heterocycles. The number of anilines is 1. The SMILES string of the molecule is COc1cc([C@@H]2C[C@@H](C(F)(F)F)n3ncc(C(=O)N4CCOCC4)c3N2)cc(OC)c1OC. The van der Waals surface area contributed by atoms with Gasteiger partial charge in [-0.05, 0) is 17.7 Å². The van der Waals surface area contributed by atoms with E-state index in [9.17, 15) is 18.0 Å². The lowest BCUT2D eigenvalue weighted by atomic mass is 9.95. The lowest BCUT2D eigenvalue weighted by Crippen LogP contribution is -2.41. The van der Waals surface area contributed by atoms with Gasteiger partial charge in [-0.2, -0.15) is 18.3 Å². The fourth-order valence-corrected chi connectivity index (χ4v) is 4.18. The van der Waals surface area contributed by atoms with Gasteiger partial charge < -0.3 is 29.2 Å². The summed E-state index contributed by atoms with van der Waals surface area (Å²) >= 11 is 0. The quantitative estimate of drug-likeness (QED) is 0.719. The normalized spacial score (nSPS) is 20.6. The number of morpholine rings is 1. The molecule has 2 aliphatic heterocycles.